The van der Waals surface area contributed by atoms with Crippen molar-refractivity contribution in [3.63, 3.8) is 0 Å². The van der Waals surface area contributed by atoms with E-state index in [2.05, 4.69) is 12.1 Å². The van der Waals surface area contributed by atoms with Crippen LogP contribution in [0.3, 0.4) is 0 Å². The Kier molecular flexibility index (Phi) is 3.90. The fourth-order valence-corrected chi connectivity index (χ4v) is 2.92. The van der Waals surface area contributed by atoms with Gasteiger partial charge in [0.1, 0.15) is 5.41 Å². The van der Waals surface area contributed by atoms with Crippen molar-refractivity contribution in [1.82, 2.24) is 4.90 Å². The van der Waals surface area contributed by atoms with Crippen molar-refractivity contribution in [3.05, 3.63) is 60.2 Å². The van der Waals surface area contributed by atoms with Crippen molar-refractivity contribution in [1.29, 1.82) is 0 Å². The smallest absolute Gasteiger partial charge is 0.318 e. The molecule has 118 valence electrons. The van der Waals surface area contributed by atoms with Gasteiger partial charge in [0, 0.05) is 13.1 Å². The predicted octanol–water partition coefficient (Wildman–Crippen LogP) is 3.18. The van der Waals surface area contributed by atoms with Gasteiger partial charge in [0.15, 0.2) is 0 Å². The first-order chi connectivity index (χ1) is 11.0. The standard InChI is InChI=1S/C19H19NO3/c1-19(18(22)23)11-12-20(17(19)21)13-14-7-9-16(10-8-14)15-5-3-2-4-6-15/h2-10H,11-13H2,1H3,(H,22,23). The minimum absolute atomic E-state index is 0.294. The third-order valence-electron chi connectivity index (χ3n) is 4.55. The number of carbonyl (C=O) groups excluding carboxylic acids is 1. The zero-order valence-corrected chi connectivity index (χ0v) is 13.0. The van der Waals surface area contributed by atoms with Gasteiger partial charge in [-0.15, -0.1) is 0 Å². The number of benzene rings is 2. The molecule has 0 aromatic heterocycles. The molecular formula is C19H19NO3. The summed E-state index contributed by atoms with van der Waals surface area (Å²) >= 11 is 0. The highest BCUT2D eigenvalue weighted by atomic mass is 16.4. The van der Waals surface area contributed by atoms with Gasteiger partial charge in [-0.25, -0.2) is 0 Å². The lowest BCUT2D eigenvalue weighted by Crippen LogP contribution is -2.37. The third kappa shape index (κ3) is 2.84. The predicted molar refractivity (Wildman–Crippen MR) is 87.7 cm³/mol. The highest BCUT2D eigenvalue weighted by molar-refractivity contribution is 6.02. The molecule has 1 fully saturated rings. The average Bonchev–Trinajstić information content (AvgIpc) is 2.86. The van der Waals surface area contributed by atoms with Crippen LogP contribution in [0.25, 0.3) is 11.1 Å². The molecule has 2 aromatic carbocycles. The Morgan fingerprint density at radius 3 is 2.26 bits per heavy atom. The van der Waals surface area contributed by atoms with Crippen LogP contribution in [0.1, 0.15) is 18.9 Å². The summed E-state index contributed by atoms with van der Waals surface area (Å²) in [4.78, 5) is 25.2. The van der Waals surface area contributed by atoms with Gasteiger partial charge in [0.25, 0.3) is 0 Å². The summed E-state index contributed by atoms with van der Waals surface area (Å²) in [6.07, 6.45) is 0.364. The number of nitrogens with zero attached hydrogens (tertiary/aromatic N) is 1. The highest BCUT2D eigenvalue weighted by Crippen LogP contribution is 2.32. The maximum atomic E-state index is 12.3. The Hall–Kier alpha value is -2.62. The Bertz CT molecular complexity index is 724. The van der Waals surface area contributed by atoms with Crippen molar-refractivity contribution in [3.8, 4) is 11.1 Å². The van der Waals surface area contributed by atoms with Gasteiger partial charge < -0.3 is 10.0 Å². The first-order valence-corrected chi connectivity index (χ1v) is 7.68. The fourth-order valence-electron chi connectivity index (χ4n) is 2.92. The van der Waals surface area contributed by atoms with E-state index in [1.165, 1.54) is 6.92 Å². The Balaban J connectivity index is 1.73. The van der Waals surface area contributed by atoms with Crippen molar-refractivity contribution >= 4 is 11.9 Å². The molecule has 1 unspecified atom stereocenters. The van der Waals surface area contributed by atoms with Crippen LogP contribution in [0, 0.1) is 5.41 Å². The molecule has 1 heterocycles. The monoisotopic (exact) mass is 309 g/mol. The first-order valence-electron chi connectivity index (χ1n) is 7.68. The van der Waals surface area contributed by atoms with E-state index in [1.54, 1.807) is 4.90 Å². The molecule has 0 radical (unpaired) electrons. The zero-order valence-electron chi connectivity index (χ0n) is 13.0. The van der Waals surface area contributed by atoms with Gasteiger partial charge in [0.05, 0.1) is 0 Å². The van der Waals surface area contributed by atoms with Crippen molar-refractivity contribution < 1.29 is 14.7 Å². The van der Waals surface area contributed by atoms with E-state index in [4.69, 9.17) is 0 Å². The van der Waals surface area contributed by atoms with E-state index >= 15 is 0 Å². The summed E-state index contributed by atoms with van der Waals surface area (Å²) in [5, 5.41) is 9.24. The van der Waals surface area contributed by atoms with Crippen LogP contribution in [-0.2, 0) is 16.1 Å². The molecule has 3 rings (SSSR count). The van der Waals surface area contributed by atoms with Gasteiger partial charge in [0.2, 0.25) is 5.91 Å². The van der Waals surface area contributed by atoms with E-state index in [1.807, 2.05) is 42.5 Å². The maximum Gasteiger partial charge on any atom is 0.318 e. The number of amides is 1. The molecule has 1 amide bonds. The number of rotatable bonds is 4. The fraction of sp³-hybridized carbons (Fsp3) is 0.263. The second-order valence-electron chi connectivity index (χ2n) is 6.18. The van der Waals surface area contributed by atoms with Gasteiger partial charge in [-0.3, -0.25) is 9.59 Å². The van der Waals surface area contributed by atoms with Crippen LogP contribution < -0.4 is 0 Å². The molecular weight excluding hydrogens is 290 g/mol. The van der Waals surface area contributed by atoms with Crippen molar-refractivity contribution in [2.24, 2.45) is 5.41 Å². The van der Waals surface area contributed by atoms with Crippen LogP contribution in [0.5, 0.6) is 0 Å². The van der Waals surface area contributed by atoms with Gasteiger partial charge in [-0.05, 0) is 30.0 Å². The van der Waals surface area contributed by atoms with Crippen molar-refractivity contribution in [2.45, 2.75) is 19.9 Å². The van der Waals surface area contributed by atoms with E-state index in [9.17, 15) is 14.7 Å². The van der Waals surface area contributed by atoms with E-state index < -0.39 is 11.4 Å². The summed E-state index contributed by atoms with van der Waals surface area (Å²) in [7, 11) is 0. The number of hydrogen-bond donors (Lipinski definition) is 1. The number of hydrogen-bond acceptors (Lipinski definition) is 2. The van der Waals surface area contributed by atoms with Gasteiger partial charge in [-0.1, -0.05) is 54.6 Å². The van der Waals surface area contributed by atoms with Gasteiger partial charge in [-0.2, -0.15) is 0 Å². The highest BCUT2D eigenvalue weighted by Gasteiger charge is 2.48. The summed E-state index contributed by atoms with van der Waals surface area (Å²) in [6, 6.07) is 18.1. The average molecular weight is 309 g/mol. The van der Waals surface area contributed by atoms with Crippen LogP contribution in [-0.4, -0.2) is 28.4 Å². The molecule has 0 aliphatic carbocycles. The van der Waals surface area contributed by atoms with Crippen LogP contribution in [0.4, 0.5) is 0 Å². The molecule has 4 nitrogen and oxygen atoms in total. The SMILES string of the molecule is CC1(C(=O)O)CCN(Cc2ccc(-c3ccccc3)cc2)C1=O. The minimum atomic E-state index is -1.27. The number of carboxylic acid groups (broad SMARTS) is 1. The van der Waals surface area contributed by atoms with Crippen LogP contribution in [0.2, 0.25) is 0 Å². The normalized spacial score (nSPS) is 20.7. The minimum Gasteiger partial charge on any atom is -0.480 e. The largest absolute Gasteiger partial charge is 0.480 e. The summed E-state index contributed by atoms with van der Waals surface area (Å²) < 4.78 is 0. The van der Waals surface area contributed by atoms with Crippen LogP contribution in [0.15, 0.2) is 54.6 Å². The maximum absolute atomic E-state index is 12.3. The number of likely N-dealkylation sites (tertiary alicyclic amines) is 1. The van der Waals surface area contributed by atoms with Crippen molar-refractivity contribution in [2.75, 3.05) is 6.54 Å². The second kappa shape index (κ2) is 5.88. The number of carbonyl (C=O) groups is 2. The van der Waals surface area contributed by atoms with E-state index in [-0.39, 0.29) is 5.91 Å². The molecule has 1 aliphatic rings. The molecule has 4 heteroatoms. The number of carboxylic acids is 1. The Labute approximate surface area is 135 Å². The lowest BCUT2D eigenvalue weighted by molar-refractivity contribution is -0.155. The summed E-state index contributed by atoms with van der Waals surface area (Å²) in [5.41, 5.74) is 2.00. The zero-order chi connectivity index (χ0) is 16.4. The molecule has 1 atom stereocenters. The van der Waals surface area contributed by atoms with E-state index in [0.29, 0.717) is 19.5 Å². The molecule has 1 aliphatic heterocycles. The molecule has 0 bridgehead atoms. The Morgan fingerprint density at radius 1 is 1.09 bits per heavy atom. The quantitative estimate of drug-likeness (QED) is 0.883. The molecule has 0 spiro atoms. The van der Waals surface area contributed by atoms with E-state index in [0.717, 1.165) is 16.7 Å². The summed E-state index contributed by atoms with van der Waals surface area (Å²) in [6.45, 7) is 2.45. The molecule has 23 heavy (non-hydrogen) atoms. The molecule has 1 N–H and O–H groups in total. The van der Waals surface area contributed by atoms with Crippen LogP contribution >= 0.6 is 0 Å². The Morgan fingerprint density at radius 2 is 1.70 bits per heavy atom. The lowest BCUT2D eigenvalue weighted by atomic mass is 9.89. The second-order valence-corrected chi connectivity index (χ2v) is 6.18. The first kappa shape index (κ1) is 15.3. The molecule has 0 saturated carbocycles. The third-order valence-corrected chi connectivity index (χ3v) is 4.55. The number of aliphatic carboxylic acids is 1. The summed E-state index contributed by atoms with van der Waals surface area (Å²) in [5.74, 6) is -1.33. The van der Waals surface area contributed by atoms with Gasteiger partial charge >= 0.3 is 5.97 Å². The topological polar surface area (TPSA) is 57.6 Å². The molecule has 1 saturated heterocycles. The lowest BCUT2D eigenvalue weighted by Gasteiger charge is -2.20. The molecule has 2 aromatic rings.